The lowest BCUT2D eigenvalue weighted by atomic mass is 9.68. The van der Waals surface area contributed by atoms with Crippen LogP contribution in [0.15, 0.2) is 48.6 Å². The molecule has 9 heteroatoms. The standard InChI is InChI=1S/C32H39ClN2O5S/c1-21-5-3-7-29(39-2)26-11-8-24(26)17-35-19-32(14-4-6-22-15-25(33)10-12-27(22)32)20-40-30-13-9-23(16-28(30)35)31(36)34-41(37,38)18-21/h3,7,9-10,12-13,15-16,21,24,26,29H,4-6,8,11,14,17-20H2,1-2H3,(H,34,36)/b7-3+/t21-,24-,26+,29-,32-/m0/s1. The molecule has 2 aliphatic heterocycles. The molecule has 2 aromatic carbocycles. The maximum atomic E-state index is 13.2. The number of ether oxygens (including phenoxy) is 2. The normalized spacial score (nSPS) is 32.0. The van der Waals surface area contributed by atoms with Crippen LogP contribution in [-0.4, -0.2) is 53.0 Å². The molecular formula is C32H39ClN2O5S. The van der Waals surface area contributed by atoms with E-state index in [4.69, 9.17) is 21.1 Å². The maximum Gasteiger partial charge on any atom is 0.264 e. The zero-order valence-electron chi connectivity index (χ0n) is 23.8. The Balaban J connectivity index is 1.42. The van der Waals surface area contributed by atoms with E-state index < -0.39 is 15.9 Å². The van der Waals surface area contributed by atoms with Crippen LogP contribution in [-0.2, 0) is 26.6 Å². The van der Waals surface area contributed by atoms with Crippen LogP contribution in [0.5, 0.6) is 5.75 Å². The molecule has 2 aromatic rings. The molecule has 1 fully saturated rings. The molecule has 0 unspecified atom stereocenters. The van der Waals surface area contributed by atoms with Gasteiger partial charge < -0.3 is 14.4 Å². The highest BCUT2D eigenvalue weighted by Crippen LogP contribution is 2.47. The molecule has 41 heavy (non-hydrogen) atoms. The second kappa shape index (κ2) is 11.3. The Morgan fingerprint density at radius 3 is 2.80 bits per heavy atom. The third kappa shape index (κ3) is 5.75. The number of carbonyl (C=O) groups excluding carboxylic acids is 1. The number of carbonyl (C=O) groups is 1. The van der Waals surface area contributed by atoms with Gasteiger partial charge in [0.15, 0.2) is 0 Å². The number of nitrogens with zero attached hydrogens (tertiary/aromatic N) is 1. The largest absolute Gasteiger partial charge is 0.490 e. The van der Waals surface area contributed by atoms with Crippen LogP contribution in [0.4, 0.5) is 5.69 Å². The van der Waals surface area contributed by atoms with Gasteiger partial charge in [0.05, 0.1) is 24.2 Å². The van der Waals surface area contributed by atoms with Gasteiger partial charge in [-0.1, -0.05) is 36.7 Å². The maximum absolute atomic E-state index is 13.2. The van der Waals surface area contributed by atoms with Crippen LogP contribution in [0.2, 0.25) is 5.02 Å². The van der Waals surface area contributed by atoms with Gasteiger partial charge in [0.25, 0.3) is 5.91 Å². The fraction of sp³-hybridized carbons (Fsp3) is 0.531. The summed E-state index contributed by atoms with van der Waals surface area (Å²) in [5, 5.41) is 0.750. The first kappa shape index (κ1) is 28.6. The van der Waals surface area contributed by atoms with Gasteiger partial charge in [0.1, 0.15) is 5.75 Å². The van der Waals surface area contributed by atoms with Crippen LogP contribution in [0, 0.1) is 17.8 Å². The van der Waals surface area contributed by atoms with Crippen LogP contribution in [0.1, 0.15) is 60.5 Å². The van der Waals surface area contributed by atoms with E-state index in [1.807, 2.05) is 31.2 Å². The lowest BCUT2D eigenvalue weighted by molar-refractivity contribution is 0.0131. The Hall–Kier alpha value is -2.55. The predicted molar refractivity (Wildman–Crippen MR) is 161 cm³/mol. The van der Waals surface area contributed by atoms with Crippen LogP contribution in [0.25, 0.3) is 0 Å². The lowest BCUT2D eigenvalue weighted by Crippen LogP contribution is -2.49. The molecule has 5 atom stereocenters. The van der Waals surface area contributed by atoms with Crippen molar-refractivity contribution < 1.29 is 22.7 Å². The Bertz CT molecular complexity index is 1460. The van der Waals surface area contributed by atoms with Crippen molar-refractivity contribution >= 4 is 33.2 Å². The molecule has 1 amide bonds. The molecule has 2 aliphatic carbocycles. The number of nitrogens with one attached hydrogen (secondary N) is 1. The van der Waals surface area contributed by atoms with E-state index in [-0.39, 0.29) is 23.2 Å². The minimum Gasteiger partial charge on any atom is -0.490 e. The number of amides is 1. The van der Waals surface area contributed by atoms with Gasteiger partial charge in [-0.05, 0) is 97.7 Å². The second-order valence-electron chi connectivity index (χ2n) is 12.5. The summed E-state index contributed by atoms with van der Waals surface area (Å²) in [6.07, 6.45) is 9.95. The van der Waals surface area contributed by atoms with E-state index in [9.17, 15) is 13.2 Å². The highest BCUT2D eigenvalue weighted by Gasteiger charge is 2.44. The summed E-state index contributed by atoms with van der Waals surface area (Å²) in [5.41, 5.74) is 3.49. The van der Waals surface area contributed by atoms with Crippen molar-refractivity contribution in [1.82, 2.24) is 4.72 Å². The average Bonchev–Trinajstić information content (AvgIpc) is 3.06. The number of aryl methyl sites for hydroxylation is 1. The second-order valence-corrected chi connectivity index (χ2v) is 14.7. The summed E-state index contributed by atoms with van der Waals surface area (Å²) in [6.45, 7) is 3.96. The van der Waals surface area contributed by atoms with Crippen molar-refractivity contribution in [2.24, 2.45) is 17.8 Å². The number of allylic oxidation sites excluding steroid dienone is 1. The summed E-state index contributed by atoms with van der Waals surface area (Å²) in [4.78, 5) is 15.6. The van der Waals surface area contributed by atoms with E-state index in [2.05, 4.69) is 27.8 Å². The Kier molecular flexibility index (Phi) is 7.85. The lowest BCUT2D eigenvalue weighted by Gasteiger charge is -2.46. The first-order valence-electron chi connectivity index (χ1n) is 14.7. The molecule has 0 aromatic heterocycles. The van der Waals surface area contributed by atoms with E-state index >= 15 is 0 Å². The predicted octanol–water partition coefficient (Wildman–Crippen LogP) is 5.51. The molecule has 6 rings (SSSR count). The van der Waals surface area contributed by atoms with Crippen molar-refractivity contribution in [2.45, 2.75) is 57.0 Å². The van der Waals surface area contributed by atoms with Crippen molar-refractivity contribution in [3.05, 3.63) is 70.3 Å². The van der Waals surface area contributed by atoms with Gasteiger partial charge in [-0.3, -0.25) is 4.79 Å². The highest BCUT2D eigenvalue weighted by molar-refractivity contribution is 7.90. The average molecular weight is 599 g/mol. The van der Waals surface area contributed by atoms with Gasteiger partial charge in [-0.15, -0.1) is 0 Å². The number of methoxy groups -OCH3 is 1. The van der Waals surface area contributed by atoms with Gasteiger partial charge >= 0.3 is 0 Å². The number of rotatable bonds is 1. The monoisotopic (exact) mass is 598 g/mol. The van der Waals surface area contributed by atoms with E-state index in [0.29, 0.717) is 30.4 Å². The number of hydrogen-bond donors (Lipinski definition) is 1. The topological polar surface area (TPSA) is 84.9 Å². The number of fused-ring (bicyclic) bond motifs is 4. The molecular weight excluding hydrogens is 560 g/mol. The SMILES string of the molecule is CO[C@H]1/C=C/C[C@H](C)CS(=O)(=O)NC(=O)c2ccc3c(c2)N(C[C@@H]2CC[C@H]21)C[C@@]1(CCCc2cc(Cl)ccc21)CO3. The molecule has 0 saturated heterocycles. The number of anilines is 1. The summed E-state index contributed by atoms with van der Waals surface area (Å²) in [5.74, 6) is 0.634. The summed E-state index contributed by atoms with van der Waals surface area (Å²) < 4.78 is 40.5. The number of halogens is 1. The summed E-state index contributed by atoms with van der Waals surface area (Å²) in [7, 11) is -2.05. The van der Waals surface area contributed by atoms with Crippen molar-refractivity contribution in [1.29, 1.82) is 0 Å². The van der Waals surface area contributed by atoms with Crippen LogP contribution in [0.3, 0.4) is 0 Å². The van der Waals surface area contributed by atoms with Gasteiger partial charge in [0, 0.05) is 36.2 Å². The van der Waals surface area contributed by atoms with E-state index in [1.165, 1.54) is 11.1 Å². The Morgan fingerprint density at radius 2 is 2.02 bits per heavy atom. The third-order valence-corrected chi connectivity index (χ3v) is 11.3. The van der Waals surface area contributed by atoms with E-state index in [0.717, 1.165) is 61.7 Å². The van der Waals surface area contributed by atoms with Gasteiger partial charge in [-0.2, -0.15) is 0 Å². The first-order chi connectivity index (χ1) is 19.7. The highest BCUT2D eigenvalue weighted by atomic mass is 35.5. The molecule has 1 N–H and O–H groups in total. The zero-order valence-corrected chi connectivity index (χ0v) is 25.3. The molecule has 2 bridgehead atoms. The minimum atomic E-state index is -3.81. The van der Waals surface area contributed by atoms with E-state index in [1.54, 1.807) is 13.2 Å². The van der Waals surface area contributed by atoms with Crippen molar-refractivity contribution in [2.75, 3.05) is 37.5 Å². The quantitative estimate of drug-likeness (QED) is 0.436. The molecule has 220 valence electrons. The fourth-order valence-electron chi connectivity index (χ4n) is 7.32. The molecule has 2 heterocycles. The summed E-state index contributed by atoms with van der Waals surface area (Å²) in [6, 6.07) is 11.5. The minimum absolute atomic E-state index is 0.0225. The smallest absolute Gasteiger partial charge is 0.264 e. The molecule has 7 nitrogen and oxygen atoms in total. The molecule has 1 saturated carbocycles. The van der Waals surface area contributed by atoms with Crippen molar-refractivity contribution in [3.8, 4) is 5.75 Å². The first-order valence-corrected chi connectivity index (χ1v) is 16.7. The zero-order chi connectivity index (χ0) is 28.8. The van der Waals surface area contributed by atoms with Crippen LogP contribution >= 0.6 is 11.6 Å². The molecule has 4 aliphatic rings. The van der Waals surface area contributed by atoms with Gasteiger partial charge in [-0.25, -0.2) is 13.1 Å². The number of hydrogen-bond acceptors (Lipinski definition) is 6. The fourth-order valence-corrected chi connectivity index (χ4v) is 8.88. The Labute approximate surface area is 248 Å². The third-order valence-electron chi connectivity index (χ3n) is 9.54. The van der Waals surface area contributed by atoms with Crippen molar-refractivity contribution in [3.63, 3.8) is 0 Å². The Morgan fingerprint density at radius 1 is 1.17 bits per heavy atom. The number of sulfonamides is 1. The number of benzene rings is 2. The summed E-state index contributed by atoms with van der Waals surface area (Å²) >= 11 is 6.39. The molecule has 0 radical (unpaired) electrons. The molecule has 1 spiro atoms. The van der Waals surface area contributed by atoms with Gasteiger partial charge in [0.2, 0.25) is 10.0 Å². The van der Waals surface area contributed by atoms with Crippen LogP contribution < -0.4 is 14.4 Å².